The Labute approximate surface area is 124 Å². The molecule has 0 bridgehead atoms. The second kappa shape index (κ2) is 5.11. The zero-order chi connectivity index (χ0) is 14.1. The quantitative estimate of drug-likeness (QED) is 0.761. The molecule has 3 rings (SSSR count). The molecule has 5 nitrogen and oxygen atoms in total. The van der Waals surface area contributed by atoms with Gasteiger partial charge in [0.05, 0.1) is 28.1 Å². The number of fused-ring (bicyclic) bond motifs is 1. The minimum absolute atomic E-state index is 0.307. The van der Waals surface area contributed by atoms with Gasteiger partial charge in [0.2, 0.25) is 0 Å². The first-order chi connectivity index (χ1) is 9.63. The van der Waals surface area contributed by atoms with Gasteiger partial charge in [-0.2, -0.15) is 0 Å². The Bertz CT molecular complexity index is 800. The average Bonchev–Trinajstić information content (AvgIpc) is 2.89. The summed E-state index contributed by atoms with van der Waals surface area (Å²) in [5.74, 6) is -0.307. The number of amides is 1. The van der Waals surface area contributed by atoms with Gasteiger partial charge >= 0.3 is 0 Å². The van der Waals surface area contributed by atoms with Crippen molar-refractivity contribution in [1.29, 1.82) is 0 Å². The van der Waals surface area contributed by atoms with E-state index < -0.39 is 0 Å². The van der Waals surface area contributed by atoms with Crippen molar-refractivity contribution in [3.05, 3.63) is 52.4 Å². The van der Waals surface area contributed by atoms with Crippen LogP contribution < -0.4 is 5.32 Å². The van der Waals surface area contributed by atoms with E-state index in [-0.39, 0.29) is 5.91 Å². The summed E-state index contributed by atoms with van der Waals surface area (Å²) < 4.78 is 0. The number of H-pyrrole nitrogens is 1. The van der Waals surface area contributed by atoms with E-state index in [1.165, 1.54) is 12.5 Å². The molecule has 0 spiro atoms. The molecule has 0 fully saturated rings. The van der Waals surface area contributed by atoms with Crippen molar-refractivity contribution in [3.63, 3.8) is 0 Å². The number of anilines is 1. The first kappa shape index (κ1) is 12.9. The predicted octanol–water partition coefficient (Wildman–Crippen LogP) is 3.52. The maximum Gasteiger partial charge on any atom is 0.257 e. The van der Waals surface area contributed by atoms with Crippen molar-refractivity contribution in [2.75, 3.05) is 5.32 Å². The van der Waals surface area contributed by atoms with Gasteiger partial charge in [0, 0.05) is 11.2 Å². The summed E-state index contributed by atoms with van der Waals surface area (Å²) in [4.78, 5) is 23.1. The number of aromatic nitrogens is 3. The van der Waals surface area contributed by atoms with Crippen molar-refractivity contribution >= 4 is 46.0 Å². The van der Waals surface area contributed by atoms with Gasteiger partial charge in [-0.05, 0) is 24.3 Å². The highest BCUT2D eigenvalue weighted by Crippen LogP contribution is 2.25. The van der Waals surface area contributed by atoms with Crippen LogP contribution in [-0.2, 0) is 0 Å². The van der Waals surface area contributed by atoms with E-state index in [4.69, 9.17) is 23.2 Å². The van der Waals surface area contributed by atoms with Crippen molar-refractivity contribution in [1.82, 2.24) is 15.0 Å². The molecule has 0 aliphatic carbocycles. The minimum atomic E-state index is -0.307. The van der Waals surface area contributed by atoms with Crippen LogP contribution in [-0.4, -0.2) is 20.9 Å². The Kier molecular flexibility index (Phi) is 3.30. The highest BCUT2D eigenvalue weighted by atomic mass is 35.5. The van der Waals surface area contributed by atoms with Crippen molar-refractivity contribution in [2.24, 2.45) is 0 Å². The van der Waals surface area contributed by atoms with Crippen molar-refractivity contribution in [3.8, 4) is 0 Å². The zero-order valence-corrected chi connectivity index (χ0v) is 11.5. The lowest BCUT2D eigenvalue weighted by atomic mass is 10.2. The number of halogens is 2. The SMILES string of the molecule is O=C(Nc1ccc(Cl)cc1Cl)c1cnc2nc[nH]c2c1. The van der Waals surface area contributed by atoms with Gasteiger partial charge in [-0.3, -0.25) is 4.79 Å². The summed E-state index contributed by atoms with van der Waals surface area (Å²) in [6, 6.07) is 6.54. The number of imidazole rings is 1. The van der Waals surface area contributed by atoms with Crippen LogP contribution in [0.15, 0.2) is 36.8 Å². The molecule has 7 heteroatoms. The van der Waals surface area contributed by atoms with Crippen LogP contribution in [0.4, 0.5) is 5.69 Å². The van der Waals surface area contributed by atoms with E-state index in [9.17, 15) is 4.79 Å². The molecule has 1 amide bonds. The molecule has 0 aliphatic heterocycles. The largest absolute Gasteiger partial charge is 0.343 e. The molecule has 0 saturated heterocycles. The third-order valence-electron chi connectivity index (χ3n) is 2.72. The predicted molar refractivity (Wildman–Crippen MR) is 78.3 cm³/mol. The van der Waals surface area contributed by atoms with Gasteiger partial charge < -0.3 is 10.3 Å². The molecule has 100 valence electrons. The fourth-order valence-corrected chi connectivity index (χ4v) is 2.19. The minimum Gasteiger partial charge on any atom is -0.343 e. The molecule has 0 unspecified atom stereocenters. The molecular formula is C13H8Cl2N4O. The summed E-state index contributed by atoms with van der Waals surface area (Å²) in [5, 5.41) is 3.59. The lowest BCUT2D eigenvalue weighted by Crippen LogP contribution is -2.12. The van der Waals surface area contributed by atoms with E-state index in [0.717, 1.165) is 0 Å². The van der Waals surface area contributed by atoms with Crippen LogP contribution in [0.5, 0.6) is 0 Å². The fourth-order valence-electron chi connectivity index (χ4n) is 1.74. The van der Waals surface area contributed by atoms with Crippen LogP contribution in [0.3, 0.4) is 0 Å². The lowest BCUT2D eigenvalue weighted by Gasteiger charge is -2.07. The summed E-state index contributed by atoms with van der Waals surface area (Å²) in [6.45, 7) is 0. The average molecular weight is 307 g/mol. The number of benzene rings is 1. The van der Waals surface area contributed by atoms with Crippen LogP contribution in [0, 0.1) is 0 Å². The summed E-state index contributed by atoms with van der Waals surface area (Å²) in [7, 11) is 0. The third kappa shape index (κ3) is 2.45. The van der Waals surface area contributed by atoms with E-state index in [1.807, 2.05) is 0 Å². The monoisotopic (exact) mass is 306 g/mol. The molecule has 0 aliphatic rings. The fraction of sp³-hybridized carbons (Fsp3) is 0. The van der Waals surface area contributed by atoms with Crippen molar-refractivity contribution in [2.45, 2.75) is 0 Å². The first-order valence-electron chi connectivity index (χ1n) is 5.69. The summed E-state index contributed by atoms with van der Waals surface area (Å²) in [5.41, 5.74) is 2.16. The molecule has 2 heterocycles. The van der Waals surface area contributed by atoms with Gasteiger partial charge in [0.15, 0.2) is 5.65 Å². The highest BCUT2D eigenvalue weighted by molar-refractivity contribution is 6.36. The summed E-state index contributed by atoms with van der Waals surface area (Å²) in [6.07, 6.45) is 2.98. The van der Waals surface area contributed by atoms with Gasteiger partial charge in [-0.1, -0.05) is 23.2 Å². The third-order valence-corrected chi connectivity index (χ3v) is 3.26. The second-order valence-corrected chi connectivity index (χ2v) is 4.92. The maximum atomic E-state index is 12.1. The number of carbonyl (C=O) groups excluding carboxylic acids is 1. The summed E-state index contributed by atoms with van der Waals surface area (Å²) >= 11 is 11.8. The molecule has 1 aromatic carbocycles. The smallest absolute Gasteiger partial charge is 0.257 e. The number of aromatic amines is 1. The maximum absolute atomic E-state index is 12.1. The molecule has 2 aromatic heterocycles. The first-order valence-corrected chi connectivity index (χ1v) is 6.44. The number of rotatable bonds is 2. The molecule has 0 radical (unpaired) electrons. The normalized spacial score (nSPS) is 10.7. The topological polar surface area (TPSA) is 70.7 Å². The zero-order valence-electron chi connectivity index (χ0n) is 10.0. The van der Waals surface area contributed by atoms with Crippen LogP contribution in [0.25, 0.3) is 11.2 Å². The standard InChI is InChI=1S/C13H8Cl2N4O/c14-8-1-2-10(9(15)4-8)19-13(20)7-3-11-12(16-5-7)18-6-17-11/h1-6H,(H,19,20)(H,16,17,18). The Morgan fingerprint density at radius 1 is 1.20 bits per heavy atom. The second-order valence-electron chi connectivity index (χ2n) is 4.08. The molecule has 3 aromatic rings. The van der Waals surface area contributed by atoms with E-state index in [0.29, 0.717) is 32.5 Å². The van der Waals surface area contributed by atoms with Gasteiger partial charge in [0.1, 0.15) is 0 Å². The van der Waals surface area contributed by atoms with E-state index in [1.54, 1.807) is 24.3 Å². The van der Waals surface area contributed by atoms with Gasteiger partial charge in [-0.25, -0.2) is 9.97 Å². The Morgan fingerprint density at radius 2 is 2.05 bits per heavy atom. The Hall–Kier alpha value is -2.11. The highest BCUT2D eigenvalue weighted by Gasteiger charge is 2.10. The molecular weight excluding hydrogens is 299 g/mol. The van der Waals surface area contributed by atoms with Crippen molar-refractivity contribution < 1.29 is 4.79 Å². The molecule has 0 saturated carbocycles. The van der Waals surface area contributed by atoms with Gasteiger partial charge in [0.25, 0.3) is 5.91 Å². The Balaban J connectivity index is 1.88. The van der Waals surface area contributed by atoms with E-state index in [2.05, 4.69) is 20.3 Å². The number of nitrogens with one attached hydrogen (secondary N) is 2. The van der Waals surface area contributed by atoms with Gasteiger partial charge in [-0.15, -0.1) is 0 Å². The number of pyridine rings is 1. The van der Waals surface area contributed by atoms with Crippen LogP contribution in [0.2, 0.25) is 10.0 Å². The van der Waals surface area contributed by atoms with Crippen LogP contribution in [0.1, 0.15) is 10.4 Å². The number of hydrogen-bond donors (Lipinski definition) is 2. The lowest BCUT2D eigenvalue weighted by molar-refractivity contribution is 0.102. The molecule has 20 heavy (non-hydrogen) atoms. The van der Waals surface area contributed by atoms with E-state index >= 15 is 0 Å². The number of hydrogen-bond acceptors (Lipinski definition) is 3. The number of carbonyl (C=O) groups is 1. The molecule has 0 atom stereocenters. The molecule has 2 N–H and O–H groups in total. The Morgan fingerprint density at radius 3 is 2.85 bits per heavy atom. The van der Waals surface area contributed by atoms with Crippen LogP contribution >= 0.6 is 23.2 Å². The number of nitrogens with zero attached hydrogens (tertiary/aromatic N) is 2.